The van der Waals surface area contributed by atoms with Gasteiger partial charge in [-0.05, 0) is 44.7 Å². The summed E-state index contributed by atoms with van der Waals surface area (Å²) in [6.07, 6.45) is 4.72. The zero-order valence-electron chi connectivity index (χ0n) is 17.0. The number of aromatic nitrogens is 6. The van der Waals surface area contributed by atoms with Crippen LogP contribution in [0.1, 0.15) is 57.7 Å². The second-order valence-electron chi connectivity index (χ2n) is 7.79. The smallest absolute Gasteiger partial charge is 0.291 e. The Morgan fingerprint density at radius 3 is 2.87 bits per heavy atom. The van der Waals surface area contributed by atoms with E-state index >= 15 is 0 Å². The van der Waals surface area contributed by atoms with Crippen molar-refractivity contribution in [2.75, 3.05) is 0 Å². The van der Waals surface area contributed by atoms with Crippen molar-refractivity contribution in [3.63, 3.8) is 0 Å². The van der Waals surface area contributed by atoms with Crippen LogP contribution >= 0.6 is 0 Å². The first-order valence-corrected chi connectivity index (χ1v) is 10.2. The van der Waals surface area contributed by atoms with Gasteiger partial charge in [-0.3, -0.25) is 9.48 Å². The van der Waals surface area contributed by atoms with Gasteiger partial charge in [0.05, 0.1) is 18.8 Å². The van der Waals surface area contributed by atoms with Crippen LogP contribution in [0.3, 0.4) is 0 Å². The molecule has 0 radical (unpaired) electrons. The van der Waals surface area contributed by atoms with Crippen LogP contribution in [0.5, 0.6) is 0 Å². The molecule has 5 rings (SSSR count). The Morgan fingerprint density at radius 2 is 2.03 bits per heavy atom. The summed E-state index contributed by atoms with van der Waals surface area (Å²) in [4.78, 5) is 21.6. The summed E-state index contributed by atoms with van der Waals surface area (Å²) >= 11 is 0. The second kappa shape index (κ2) is 7.37. The minimum atomic E-state index is -0.286. The lowest BCUT2D eigenvalue weighted by Crippen LogP contribution is -2.31. The van der Waals surface area contributed by atoms with Crippen molar-refractivity contribution in [1.29, 1.82) is 0 Å². The maximum absolute atomic E-state index is 12.9. The number of rotatable bonds is 4. The molecule has 1 aromatic carbocycles. The van der Waals surface area contributed by atoms with Gasteiger partial charge in [-0.2, -0.15) is 10.1 Å². The van der Waals surface area contributed by atoms with Crippen LogP contribution in [0, 0.1) is 13.8 Å². The SMILES string of the molecule is Cc1cc(C)n2nc(C(=O)N[C@H]3CCCc4c3cnn4Cc3ccccc3)nc2n1. The Hall–Kier alpha value is -3.55. The molecule has 3 heterocycles. The van der Waals surface area contributed by atoms with Crippen LogP contribution in [0.2, 0.25) is 0 Å². The van der Waals surface area contributed by atoms with Crippen molar-refractivity contribution in [3.8, 4) is 0 Å². The fraction of sp³-hybridized carbons (Fsp3) is 0.318. The molecule has 1 atom stereocenters. The number of carbonyl (C=O) groups is 1. The summed E-state index contributed by atoms with van der Waals surface area (Å²) in [6.45, 7) is 4.56. The minimum absolute atomic E-state index is 0.0897. The first-order valence-electron chi connectivity index (χ1n) is 10.2. The van der Waals surface area contributed by atoms with E-state index in [0.29, 0.717) is 5.78 Å². The number of benzene rings is 1. The van der Waals surface area contributed by atoms with E-state index in [2.05, 4.69) is 37.6 Å². The summed E-state index contributed by atoms with van der Waals surface area (Å²) in [5.74, 6) is 0.295. The summed E-state index contributed by atoms with van der Waals surface area (Å²) in [6, 6.07) is 12.1. The van der Waals surface area contributed by atoms with Gasteiger partial charge >= 0.3 is 0 Å². The molecule has 8 heteroatoms. The van der Waals surface area contributed by atoms with Crippen LogP contribution in [0.15, 0.2) is 42.6 Å². The summed E-state index contributed by atoms with van der Waals surface area (Å²) < 4.78 is 3.65. The standard InChI is InChI=1S/C22H23N7O/c1-14-11-15(2)29-22(24-14)26-20(27-29)21(30)25-18-9-6-10-19-17(18)12-23-28(19)13-16-7-4-3-5-8-16/h3-5,7-8,11-12,18H,6,9-10,13H2,1-2H3,(H,25,30)/t18-/m0/s1. The van der Waals surface area contributed by atoms with Gasteiger partial charge < -0.3 is 5.32 Å². The third-order valence-corrected chi connectivity index (χ3v) is 5.56. The molecule has 1 aliphatic carbocycles. The van der Waals surface area contributed by atoms with E-state index in [1.54, 1.807) is 4.52 Å². The third kappa shape index (κ3) is 3.34. The molecule has 0 bridgehead atoms. The van der Waals surface area contributed by atoms with Gasteiger partial charge in [0.2, 0.25) is 5.82 Å². The molecule has 1 N–H and O–H groups in total. The lowest BCUT2D eigenvalue weighted by atomic mass is 9.93. The number of nitrogens with zero attached hydrogens (tertiary/aromatic N) is 6. The molecule has 1 aliphatic rings. The molecule has 0 saturated carbocycles. The third-order valence-electron chi connectivity index (χ3n) is 5.56. The summed E-state index contributed by atoms with van der Waals surface area (Å²) in [7, 11) is 0. The molecule has 30 heavy (non-hydrogen) atoms. The quantitative estimate of drug-likeness (QED) is 0.568. The van der Waals surface area contributed by atoms with E-state index in [1.165, 1.54) is 11.3 Å². The van der Waals surface area contributed by atoms with Crippen molar-refractivity contribution in [3.05, 3.63) is 76.6 Å². The van der Waals surface area contributed by atoms with E-state index < -0.39 is 0 Å². The van der Waals surface area contributed by atoms with Gasteiger partial charge in [-0.15, -0.1) is 5.10 Å². The van der Waals surface area contributed by atoms with Crippen LogP contribution in [0.4, 0.5) is 0 Å². The van der Waals surface area contributed by atoms with Gasteiger partial charge in [0.25, 0.3) is 11.7 Å². The van der Waals surface area contributed by atoms with E-state index in [-0.39, 0.29) is 17.8 Å². The zero-order valence-corrected chi connectivity index (χ0v) is 17.0. The molecule has 0 spiro atoms. The Morgan fingerprint density at radius 1 is 1.20 bits per heavy atom. The maximum Gasteiger partial charge on any atom is 0.291 e. The number of fused-ring (bicyclic) bond motifs is 2. The number of hydrogen-bond acceptors (Lipinski definition) is 5. The average Bonchev–Trinajstić information content (AvgIpc) is 3.34. The van der Waals surface area contributed by atoms with Crippen molar-refractivity contribution < 1.29 is 4.79 Å². The van der Waals surface area contributed by atoms with E-state index in [4.69, 9.17) is 0 Å². The average molecular weight is 401 g/mol. The predicted molar refractivity (Wildman–Crippen MR) is 111 cm³/mol. The number of aryl methyl sites for hydroxylation is 2. The van der Waals surface area contributed by atoms with E-state index in [0.717, 1.165) is 42.8 Å². The van der Waals surface area contributed by atoms with Crippen LogP contribution in [-0.2, 0) is 13.0 Å². The molecular weight excluding hydrogens is 378 g/mol. The summed E-state index contributed by atoms with van der Waals surface area (Å²) in [5, 5.41) is 12.1. The number of nitrogens with one attached hydrogen (secondary N) is 1. The fourth-order valence-corrected chi connectivity index (χ4v) is 4.15. The van der Waals surface area contributed by atoms with Gasteiger partial charge in [0.15, 0.2) is 0 Å². The Kier molecular flexibility index (Phi) is 4.54. The zero-order chi connectivity index (χ0) is 20.7. The lowest BCUT2D eigenvalue weighted by Gasteiger charge is -2.23. The van der Waals surface area contributed by atoms with E-state index in [1.807, 2.05) is 49.0 Å². The normalized spacial score (nSPS) is 15.9. The highest BCUT2D eigenvalue weighted by molar-refractivity contribution is 5.91. The molecule has 0 aliphatic heterocycles. The van der Waals surface area contributed by atoms with Gasteiger partial charge in [-0.25, -0.2) is 9.50 Å². The van der Waals surface area contributed by atoms with Crippen molar-refractivity contribution in [2.45, 2.75) is 45.7 Å². The lowest BCUT2D eigenvalue weighted by molar-refractivity contribution is 0.0922. The van der Waals surface area contributed by atoms with E-state index in [9.17, 15) is 4.79 Å². The van der Waals surface area contributed by atoms with Crippen molar-refractivity contribution in [1.82, 2.24) is 34.7 Å². The number of hydrogen-bond donors (Lipinski definition) is 1. The fourth-order valence-electron chi connectivity index (χ4n) is 4.15. The second-order valence-corrected chi connectivity index (χ2v) is 7.79. The molecule has 8 nitrogen and oxygen atoms in total. The molecule has 0 saturated heterocycles. The number of carbonyl (C=O) groups excluding carboxylic acids is 1. The maximum atomic E-state index is 12.9. The highest BCUT2D eigenvalue weighted by Gasteiger charge is 2.27. The Balaban J connectivity index is 1.38. The van der Waals surface area contributed by atoms with Gasteiger partial charge in [0, 0.05) is 22.6 Å². The largest absolute Gasteiger partial charge is 0.342 e. The predicted octanol–water partition coefficient (Wildman–Crippen LogP) is 2.79. The molecule has 4 aromatic rings. The monoisotopic (exact) mass is 401 g/mol. The molecule has 1 amide bonds. The molecule has 3 aromatic heterocycles. The van der Waals surface area contributed by atoms with Crippen LogP contribution in [-0.4, -0.2) is 35.3 Å². The van der Waals surface area contributed by atoms with Gasteiger partial charge in [0.1, 0.15) is 0 Å². The Bertz CT molecular complexity index is 1230. The molecule has 0 fully saturated rings. The highest BCUT2D eigenvalue weighted by Crippen LogP contribution is 2.30. The molecule has 0 unspecified atom stereocenters. The van der Waals surface area contributed by atoms with Crippen LogP contribution in [0.25, 0.3) is 5.78 Å². The van der Waals surface area contributed by atoms with Gasteiger partial charge in [-0.1, -0.05) is 30.3 Å². The number of amides is 1. The Labute approximate surface area is 174 Å². The van der Waals surface area contributed by atoms with Crippen molar-refractivity contribution in [2.24, 2.45) is 0 Å². The van der Waals surface area contributed by atoms with Crippen molar-refractivity contribution >= 4 is 11.7 Å². The molecule has 152 valence electrons. The topological polar surface area (TPSA) is 90.0 Å². The first-order chi connectivity index (χ1) is 14.6. The van der Waals surface area contributed by atoms with Crippen LogP contribution < -0.4 is 5.32 Å². The highest BCUT2D eigenvalue weighted by atomic mass is 16.2. The first kappa shape index (κ1) is 18.5. The summed E-state index contributed by atoms with van der Waals surface area (Å²) in [5.41, 5.74) is 5.22. The molecular formula is C22H23N7O. The minimum Gasteiger partial charge on any atom is -0.342 e.